The van der Waals surface area contributed by atoms with Crippen LogP contribution >= 0.6 is 0 Å². The number of hydrogen-bond donors (Lipinski definition) is 2. The zero-order valence-electron chi connectivity index (χ0n) is 13.0. The lowest BCUT2D eigenvalue weighted by atomic mass is 10.0. The number of nitrogens with zero attached hydrogens (tertiary/aromatic N) is 2. The maximum atomic E-state index is 12.2. The smallest absolute Gasteiger partial charge is 0.214 e. The molecule has 1 saturated heterocycles. The third-order valence-electron chi connectivity index (χ3n) is 4.03. The average molecular weight is 304 g/mol. The molecular weight excluding hydrogens is 276 g/mol. The predicted molar refractivity (Wildman–Crippen MR) is 82.4 cm³/mol. The number of rotatable bonds is 6. The van der Waals surface area contributed by atoms with E-state index in [0.717, 1.165) is 0 Å². The summed E-state index contributed by atoms with van der Waals surface area (Å²) >= 11 is 0. The van der Waals surface area contributed by atoms with Gasteiger partial charge < -0.3 is 5.73 Å². The van der Waals surface area contributed by atoms with Crippen molar-refractivity contribution in [2.75, 3.05) is 31.9 Å². The number of hydrogen-bond acceptors (Lipinski definition) is 4. The highest BCUT2D eigenvalue weighted by Crippen LogP contribution is 2.19. The quantitative estimate of drug-likeness (QED) is 0.558. The first-order valence-corrected chi connectivity index (χ1v) is 8.75. The summed E-state index contributed by atoms with van der Waals surface area (Å²) in [6.07, 6.45) is 0.696. The summed E-state index contributed by atoms with van der Waals surface area (Å²) < 4.78 is 26.0. The highest BCUT2D eigenvalue weighted by molar-refractivity contribution is 7.89. The molecule has 118 valence electrons. The Hall–Kier alpha value is -0.660. The minimum absolute atomic E-state index is 0.119. The van der Waals surface area contributed by atoms with Crippen LogP contribution in [-0.2, 0) is 10.0 Å². The van der Waals surface area contributed by atoms with Crippen molar-refractivity contribution < 1.29 is 8.42 Å². The van der Waals surface area contributed by atoms with E-state index in [1.807, 2.05) is 27.7 Å². The fourth-order valence-electron chi connectivity index (χ4n) is 2.21. The van der Waals surface area contributed by atoms with Crippen molar-refractivity contribution >= 4 is 15.9 Å². The second kappa shape index (κ2) is 6.41. The highest BCUT2D eigenvalue weighted by atomic mass is 32.2. The molecule has 0 saturated carbocycles. The van der Waals surface area contributed by atoms with Crippen molar-refractivity contribution in [3.05, 3.63) is 0 Å². The Labute approximate surface area is 122 Å². The molecule has 1 rings (SSSR count). The molecule has 0 amide bonds. The van der Waals surface area contributed by atoms with Crippen molar-refractivity contribution in [1.29, 1.82) is 5.41 Å². The van der Waals surface area contributed by atoms with Crippen LogP contribution < -0.4 is 5.73 Å². The maximum absolute atomic E-state index is 12.2. The van der Waals surface area contributed by atoms with Gasteiger partial charge in [0.15, 0.2) is 0 Å². The number of amidine groups is 1. The van der Waals surface area contributed by atoms with Crippen LogP contribution in [-0.4, -0.2) is 60.9 Å². The minimum Gasteiger partial charge on any atom is -0.386 e. The molecule has 0 bridgehead atoms. The van der Waals surface area contributed by atoms with Gasteiger partial charge in [-0.05, 0) is 26.2 Å². The van der Waals surface area contributed by atoms with Crippen LogP contribution in [0.4, 0.5) is 0 Å². The topological polar surface area (TPSA) is 90.5 Å². The fraction of sp³-hybridized carbons (Fsp3) is 0.923. The molecule has 3 N–H and O–H groups in total. The lowest BCUT2D eigenvalue weighted by Crippen LogP contribution is -2.60. The SMILES string of the molecule is CC(C)CCS(=O)(=O)N1CCN(C(C)(C)C(=N)N)CC1. The average Bonchev–Trinajstić information content (AvgIpc) is 2.36. The summed E-state index contributed by atoms with van der Waals surface area (Å²) in [5, 5.41) is 7.62. The molecule has 1 aliphatic heterocycles. The Morgan fingerprint density at radius 1 is 1.25 bits per heavy atom. The molecule has 1 aliphatic rings. The number of nitrogens with one attached hydrogen (secondary N) is 1. The molecule has 0 aromatic rings. The molecule has 0 spiro atoms. The van der Waals surface area contributed by atoms with Crippen molar-refractivity contribution in [3.63, 3.8) is 0 Å². The van der Waals surface area contributed by atoms with Gasteiger partial charge in [0.25, 0.3) is 0 Å². The van der Waals surface area contributed by atoms with Crippen LogP contribution in [0, 0.1) is 11.3 Å². The summed E-state index contributed by atoms with van der Waals surface area (Å²) in [5.74, 6) is 0.733. The van der Waals surface area contributed by atoms with Gasteiger partial charge in [0.2, 0.25) is 10.0 Å². The summed E-state index contributed by atoms with van der Waals surface area (Å²) in [4.78, 5) is 2.07. The van der Waals surface area contributed by atoms with E-state index in [1.54, 1.807) is 4.31 Å². The monoisotopic (exact) mass is 304 g/mol. The third kappa shape index (κ3) is 4.17. The second-order valence-corrected chi connectivity index (χ2v) is 8.45. The molecule has 0 radical (unpaired) electrons. The summed E-state index contributed by atoms with van der Waals surface area (Å²) in [7, 11) is -3.15. The van der Waals surface area contributed by atoms with Gasteiger partial charge in [0.05, 0.1) is 11.3 Å². The standard InChI is InChI=1S/C13H28N4O2S/c1-11(2)5-10-20(18,19)17-8-6-16(7-9-17)13(3,4)12(14)15/h11H,5-10H2,1-4H3,(H3,14,15). The molecule has 0 atom stereocenters. The molecule has 0 unspecified atom stereocenters. The van der Waals surface area contributed by atoms with Crippen LogP contribution in [0.3, 0.4) is 0 Å². The van der Waals surface area contributed by atoms with Crippen molar-refractivity contribution in [2.24, 2.45) is 11.7 Å². The van der Waals surface area contributed by atoms with Gasteiger partial charge in [-0.1, -0.05) is 13.8 Å². The van der Waals surface area contributed by atoms with Crippen molar-refractivity contribution in [3.8, 4) is 0 Å². The van der Waals surface area contributed by atoms with E-state index in [4.69, 9.17) is 11.1 Å². The Kier molecular flexibility index (Phi) is 5.57. The van der Waals surface area contributed by atoms with E-state index in [0.29, 0.717) is 38.5 Å². The van der Waals surface area contributed by atoms with Gasteiger partial charge in [-0.2, -0.15) is 4.31 Å². The first kappa shape index (κ1) is 17.4. The first-order chi connectivity index (χ1) is 9.07. The first-order valence-electron chi connectivity index (χ1n) is 7.14. The van der Waals surface area contributed by atoms with E-state index in [1.165, 1.54) is 0 Å². The molecule has 1 fully saturated rings. The molecule has 6 nitrogen and oxygen atoms in total. The normalized spacial score (nSPS) is 19.4. The summed E-state index contributed by atoms with van der Waals surface area (Å²) in [5.41, 5.74) is 5.11. The molecule has 0 aromatic heterocycles. The number of piperazine rings is 1. The highest BCUT2D eigenvalue weighted by Gasteiger charge is 2.35. The van der Waals surface area contributed by atoms with Crippen LogP contribution in [0.25, 0.3) is 0 Å². The van der Waals surface area contributed by atoms with Crippen LogP contribution in [0.15, 0.2) is 0 Å². The molecule has 7 heteroatoms. The van der Waals surface area contributed by atoms with Crippen molar-refractivity contribution in [1.82, 2.24) is 9.21 Å². The predicted octanol–water partition coefficient (Wildman–Crippen LogP) is 0.694. The van der Waals surface area contributed by atoms with E-state index in [2.05, 4.69) is 4.90 Å². The van der Waals surface area contributed by atoms with Crippen LogP contribution in [0.1, 0.15) is 34.1 Å². The molecule has 20 heavy (non-hydrogen) atoms. The van der Waals surface area contributed by atoms with Gasteiger partial charge in [0.1, 0.15) is 5.84 Å². The third-order valence-corrected chi connectivity index (χ3v) is 5.94. The largest absolute Gasteiger partial charge is 0.386 e. The zero-order chi connectivity index (χ0) is 15.6. The Balaban J connectivity index is 2.60. The Morgan fingerprint density at radius 2 is 1.75 bits per heavy atom. The van der Waals surface area contributed by atoms with E-state index < -0.39 is 15.6 Å². The van der Waals surface area contributed by atoms with Gasteiger partial charge in [0, 0.05) is 26.2 Å². The zero-order valence-corrected chi connectivity index (χ0v) is 13.8. The molecule has 1 heterocycles. The van der Waals surface area contributed by atoms with Crippen LogP contribution in [0.2, 0.25) is 0 Å². The molecular formula is C13H28N4O2S. The van der Waals surface area contributed by atoms with Gasteiger partial charge in [-0.15, -0.1) is 0 Å². The lowest BCUT2D eigenvalue weighted by Gasteiger charge is -2.42. The maximum Gasteiger partial charge on any atom is 0.214 e. The number of sulfonamides is 1. The van der Waals surface area contributed by atoms with Gasteiger partial charge in [-0.25, -0.2) is 8.42 Å². The Bertz CT molecular complexity index is 437. The Morgan fingerprint density at radius 3 is 2.15 bits per heavy atom. The minimum atomic E-state index is -3.15. The van der Waals surface area contributed by atoms with E-state index >= 15 is 0 Å². The number of nitrogens with two attached hydrogens (primary N) is 1. The lowest BCUT2D eigenvalue weighted by molar-refractivity contribution is 0.121. The molecule has 0 aromatic carbocycles. The van der Waals surface area contributed by atoms with Crippen LogP contribution in [0.5, 0.6) is 0 Å². The van der Waals surface area contributed by atoms with Gasteiger partial charge in [-0.3, -0.25) is 10.3 Å². The summed E-state index contributed by atoms with van der Waals surface area (Å²) in [6.45, 7) is 10.1. The van der Waals surface area contributed by atoms with E-state index in [9.17, 15) is 8.42 Å². The molecule has 0 aliphatic carbocycles. The van der Waals surface area contributed by atoms with Gasteiger partial charge >= 0.3 is 0 Å². The second-order valence-electron chi connectivity index (χ2n) is 6.36. The van der Waals surface area contributed by atoms with Crippen molar-refractivity contribution in [2.45, 2.75) is 39.7 Å². The summed E-state index contributed by atoms with van der Waals surface area (Å²) in [6, 6.07) is 0. The fourth-order valence-corrected chi connectivity index (χ4v) is 3.96. The van der Waals surface area contributed by atoms with E-state index in [-0.39, 0.29) is 11.6 Å².